The number of ether oxygens (including phenoxy) is 2. The van der Waals surface area contributed by atoms with E-state index in [9.17, 15) is 19.5 Å². The first-order valence-electron chi connectivity index (χ1n) is 10.9. The van der Waals surface area contributed by atoms with Crippen LogP contribution in [0.5, 0.6) is 0 Å². The minimum atomic E-state index is -1.06. The van der Waals surface area contributed by atoms with Gasteiger partial charge in [0.05, 0.1) is 30.5 Å². The normalized spacial score (nSPS) is 13.4. The van der Waals surface area contributed by atoms with Crippen molar-refractivity contribution in [3.8, 4) is 11.3 Å². The number of fused-ring (bicyclic) bond motifs is 1. The molecule has 1 aliphatic rings. The average Bonchev–Trinajstić information content (AvgIpc) is 3.41. The molecule has 1 N–H and O–H groups in total. The average molecular weight is 447 g/mol. The summed E-state index contributed by atoms with van der Waals surface area (Å²) in [6.07, 6.45) is 2.10. The van der Waals surface area contributed by atoms with Gasteiger partial charge in [0.15, 0.2) is 0 Å². The van der Waals surface area contributed by atoms with Crippen molar-refractivity contribution in [3.63, 3.8) is 0 Å². The quantitative estimate of drug-likeness (QED) is 0.529. The number of aromatic nitrogens is 1. The second kappa shape index (κ2) is 9.32. The molecule has 1 aliphatic carbocycles. The molecule has 4 rings (SSSR count). The number of nitrogens with zero attached hydrogens (tertiary/aromatic N) is 1. The molecule has 33 heavy (non-hydrogen) atoms. The number of carbonyl (C=O) groups excluding carboxylic acids is 2. The fourth-order valence-corrected chi connectivity index (χ4v) is 4.55. The van der Waals surface area contributed by atoms with Crippen LogP contribution in [0.2, 0.25) is 0 Å². The molecular weight excluding hydrogens is 422 g/mol. The zero-order valence-electron chi connectivity index (χ0n) is 18.6. The fourth-order valence-electron chi connectivity index (χ4n) is 4.55. The van der Waals surface area contributed by atoms with Gasteiger partial charge < -0.3 is 19.1 Å². The van der Waals surface area contributed by atoms with Crippen LogP contribution in [0.25, 0.3) is 27.7 Å². The molecule has 0 aliphatic heterocycles. The van der Waals surface area contributed by atoms with Crippen molar-refractivity contribution in [1.82, 2.24) is 4.57 Å². The predicted octanol–water partition coefficient (Wildman–Crippen LogP) is 4.68. The first kappa shape index (κ1) is 22.3. The van der Waals surface area contributed by atoms with Crippen molar-refractivity contribution in [2.75, 3.05) is 13.7 Å². The minimum absolute atomic E-state index is 0.0848. The monoisotopic (exact) mass is 447 g/mol. The summed E-state index contributed by atoms with van der Waals surface area (Å²) < 4.78 is 12.1. The molecule has 0 saturated carbocycles. The Hall–Kier alpha value is -3.87. The molecule has 0 spiro atoms. The standard InChI is InChI=1S/C26H25NO6/c1-3-33-22(28)15-27-21-14-17(25(29)30)12-13-20(21)23(24(27)16-8-5-4-6-9-16)18-10-7-11-19(18)26(31)32-2/h4-6,8-9,12-14H,3,7,10-11,15H2,1-2H3,(H,29,30). The lowest BCUT2D eigenvalue weighted by Crippen LogP contribution is -2.14. The number of esters is 2. The van der Waals surface area contributed by atoms with Crippen LogP contribution in [0.1, 0.15) is 42.1 Å². The van der Waals surface area contributed by atoms with E-state index in [4.69, 9.17) is 9.47 Å². The van der Waals surface area contributed by atoms with Crippen LogP contribution in [-0.4, -0.2) is 41.3 Å². The van der Waals surface area contributed by atoms with Crippen LogP contribution >= 0.6 is 0 Å². The van der Waals surface area contributed by atoms with E-state index >= 15 is 0 Å². The van der Waals surface area contributed by atoms with Gasteiger partial charge in [-0.1, -0.05) is 36.4 Å². The Morgan fingerprint density at radius 3 is 2.48 bits per heavy atom. The third-order valence-corrected chi connectivity index (χ3v) is 5.90. The lowest BCUT2D eigenvalue weighted by molar-refractivity contribution is -0.143. The topological polar surface area (TPSA) is 94.8 Å². The number of carbonyl (C=O) groups is 3. The Kier molecular flexibility index (Phi) is 6.31. The van der Waals surface area contributed by atoms with E-state index < -0.39 is 11.9 Å². The largest absolute Gasteiger partial charge is 0.478 e. The zero-order valence-corrected chi connectivity index (χ0v) is 18.6. The third-order valence-electron chi connectivity index (χ3n) is 5.90. The molecule has 7 heteroatoms. The molecule has 0 radical (unpaired) electrons. The summed E-state index contributed by atoms with van der Waals surface area (Å²) in [5.74, 6) is -1.85. The fraction of sp³-hybridized carbons (Fsp3) is 0.269. The number of methoxy groups -OCH3 is 1. The SMILES string of the molecule is CCOC(=O)Cn1c(-c2ccccc2)c(C2=C(C(=O)OC)CCC2)c2ccc(C(=O)O)cc21. The number of rotatable bonds is 7. The van der Waals surface area contributed by atoms with Crippen LogP contribution in [0.4, 0.5) is 0 Å². The van der Waals surface area contributed by atoms with Crippen molar-refractivity contribution in [3.05, 3.63) is 65.2 Å². The summed E-state index contributed by atoms with van der Waals surface area (Å²) in [6, 6.07) is 14.4. The first-order valence-corrected chi connectivity index (χ1v) is 10.9. The van der Waals surface area contributed by atoms with Gasteiger partial charge in [-0.2, -0.15) is 0 Å². The molecule has 3 aromatic rings. The lowest BCUT2D eigenvalue weighted by Gasteiger charge is -2.14. The molecule has 1 aromatic heterocycles. The highest BCUT2D eigenvalue weighted by Crippen LogP contribution is 2.44. The van der Waals surface area contributed by atoms with Crippen LogP contribution in [0.3, 0.4) is 0 Å². The summed E-state index contributed by atoms with van der Waals surface area (Å²) in [4.78, 5) is 36.8. The number of benzene rings is 2. The van der Waals surface area contributed by atoms with Gasteiger partial charge in [-0.15, -0.1) is 0 Å². The number of carboxylic acids is 1. The Morgan fingerprint density at radius 1 is 1.06 bits per heavy atom. The molecule has 170 valence electrons. The van der Waals surface area contributed by atoms with E-state index in [1.54, 1.807) is 29.7 Å². The molecule has 0 unspecified atom stereocenters. The van der Waals surface area contributed by atoms with E-state index in [1.165, 1.54) is 7.11 Å². The molecule has 1 heterocycles. The number of carboxylic acid groups (broad SMARTS) is 1. The van der Waals surface area contributed by atoms with Gasteiger partial charge in [-0.05, 0) is 49.5 Å². The highest BCUT2D eigenvalue weighted by atomic mass is 16.5. The van der Waals surface area contributed by atoms with E-state index in [1.807, 2.05) is 30.3 Å². The van der Waals surface area contributed by atoms with E-state index in [-0.39, 0.29) is 24.7 Å². The van der Waals surface area contributed by atoms with Crippen LogP contribution in [-0.2, 0) is 25.6 Å². The van der Waals surface area contributed by atoms with Crippen LogP contribution < -0.4 is 0 Å². The molecule has 0 atom stereocenters. The molecule has 7 nitrogen and oxygen atoms in total. The Morgan fingerprint density at radius 2 is 1.82 bits per heavy atom. The zero-order chi connectivity index (χ0) is 23.5. The van der Waals surface area contributed by atoms with Crippen molar-refractivity contribution >= 4 is 34.4 Å². The Bertz CT molecular complexity index is 1270. The molecule has 0 amide bonds. The molecule has 2 aromatic carbocycles. The summed E-state index contributed by atoms with van der Waals surface area (Å²) in [6.45, 7) is 1.89. The van der Waals surface area contributed by atoms with Crippen molar-refractivity contribution in [2.45, 2.75) is 32.7 Å². The number of aromatic carboxylic acids is 1. The second-order valence-corrected chi connectivity index (χ2v) is 7.82. The lowest BCUT2D eigenvalue weighted by atomic mass is 9.95. The highest BCUT2D eigenvalue weighted by molar-refractivity contribution is 6.09. The van der Waals surface area contributed by atoms with E-state index in [0.29, 0.717) is 23.9 Å². The van der Waals surface area contributed by atoms with Crippen LogP contribution in [0, 0.1) is 0 Å². The smallest absolute Gasteiger partial charge is 0.335 e. The molecular formula is C26H25NO6. The van der Waals surface area contributed by atoms with Gasteiger partial charge in [0.2, 0.25) is 0 Å². The maximum Gasteiger partial charge on any atom is 0.335 e. The number of hydrogen-bond acceptors (Lipinski definition) is 5. The van der Waals surface area contributed by atoms with Crippen molar-refractivity contribution in [2.24, 2.45) is 0 Å². The van der Waals surface area contributed by atoms with Crippen molar-refractivity contribution in [1.29, 1.82) is 0 Å². The van der Waals surface area contributed by atoms with Gasteiger partial charge >= 0.3 is 17.9 Å². The minimum Gasteiger partial charge on any atom is -0.478 e. The Balaban J connectivity index is 2.10. The maximum atomic E-state index is 12.6. The first-order chi connectivity index (χ1) is 16.0. The predicted molar refractivity (Wildman–Crippen MR) is 124 cm³/mol. The Labute approximate surface area is 191 Å². The van der Waals surface area contributed by atoms with Gasteiger partial charge in [0.25, 0.3) is 0 Å². The van der Waals surface area contributed by atoms with E-state index in [2.05, 4.69) is 0 Å². The third kappa shape index (κ3) is 4.14. The maximum absolute atomic E-state index is 12.6. The van der Waals surface area contributed by atoms with Gasteiger partial charge in [-0.3, -0.25) is 4.79 Å². The van der Waals surface area contributed by atoms with Gasteiger partial charge in [-0.25, -0.2) is 9.59 Å². The summed E-state index contributed by atoms with van der Waals surface area (Å²) in [7, 11) is 1.37. The molecule has 0 bridgehead atoms. The second-order valence-electron chi connectivity index (χ2n) is 7.82. The summed E-state index contributed by atoms with van der Waals surface area (Å²) >= 11 is 0. The summed E-state index contributed by atoms with van der Waals surface area (Å²) in [5.41, 5.74) is 4.64. The van der Waals surface area contributed by atoms with Crippen molar-refractivity contribution < 1.29 is 29.0 Å². The highest BCUT2D eigenvalue weighted by Gasteiger charge is 2.30. The molecule has 0 saturated heterocycles. The number of hydrogen-bond donors (Lipinski definition) is 1. The number of allylic oxidation sites excluding steroid dienone is 1. The summed E-state index contributed by atoms with van der Waals surface area (Å²) in [5, 5.41) is 10.4. The molecule has 0 fully saturated rings. The van der Waals surface area contributed by atoms with Gasteiger partial charge in [0, 0.05) is 16.5 Å². The van der Waals surface area contributed by atoms with Gasteiger partial charge in [0.1, 0.15) is 6.54 Å². The van der Waals surface area contributed by atoms with E-state index in [0.717, 1.165) is 34.2 Å². The van der Waals surface area contributed by atoms with Crippen LogP contribution in [0.15, 0.2) is 54.1 Å².